The highest BCUT2D eigenvalue weighted by atomic mass is 16.5. The maximum atomic E-state index is 12.2. The molecule has 0 saturated heterocycles. The normalized spacial score (nSPS) is 11.6. The van der Waals surface area contributed by atoms with E-state index in [9.17, 15) is 19.2 Å². The predicted octanol–water partition coefficient (Wildman–Crippen LogP) is 0.952. The van der Waals surface area contributed by atoms with E-state index in [2.05, 4.69) is 10.1 Å². The molecule has 7 nitrogen and oxygen atoms in total. The van der Waals surface area contributed by atoms with Crippen LogP contribution in [0, 0.1) is 0 Å². The minimum Gasteiger partial charge on any atom is -0.469 e. The zero-order valence-electron chi connectivity index (χ0n) is 13.5. The number of hydrogen-bond acceptors (Lipinski definition) is 5. The van der Waals surface area contributed by atoms with Gasteiger partial charge in [0, 0.05) is 13.6 Å². The maximum Gasteiger partial charge on any atom is 0.318 e. The molecule has 1 N–H and O–H groups in total. The number of carbonyl (C=O) groups excluding carboxylic acids is 4. The van der Waals surface area contributed by atoms with Crippen LogP contribution in [0.1, 0.15) is 12.0 Å². The molecule has 0 fully saturated rings. The van der Waals surface area contributed by atoms with Crippen molar-refractivity contribution in [2.24, 2.45) is 0 Å². The monoisotopic (exact) mass is 331 g/mol. The van der Waals surface area contributed by atoms with Gasteiger partial charge in [-0.3, -0.25) is 14.4 Å². The number of rotatable bonds is 8. The molecule has 0 bridgehead atoms. The summed E-state index contributed by atoms with van der Waals surface area (Å²) in [5.41, 5.74) is 0.775. The molecule has 0 aliphatic rings. The van der Waals surface area contributed by atoms with Crippen LogP contribution in [-0.4, -0.2) is 55.7 Å². The van der Waals surface area contributed by atoms with Gasteiger partial charge in [-0.2, -0.15) is 0 Å². The van der Waals surface area contributed by atoms with Gasteiger partial charge in [-0.25, -0.2) is 4.79 Å². The highest BCUT2D eigenvalue weighted by Crippen LogP contribution is 2.06. The Morgan fingerprint density at radius 3 is 2.50 bits per heavy atom. The molecule has 1 aromatic rings. The molecule has 0 aliphatic heterocycles. The Balaban J connectivity index is 2.89. The van der Waals surface area contributed by atoms with Crippen LogP contribution >= 0.6 is 0 Å². The SMILES string of the molecule is CNC(=O)N(CCC(=O)OC)C([C]=O)C(=O)C=Cc1ccccc1. The molecule has 0 spiro atoms. The van der Waals surface area contributed by atoms with Gasteiger partial charge in [-0.1, -0.05) is 36.4 Å². The Kier molecular flexibility index (Phi) is 7.90. The predicted molar refractivity (Wildman–Crippen MR) is 87.8 cm³/mol. The average molecular weight is 331 g/mol. The molecular weight excluding hydrogens is 312 g/mol. The molecule has 1 rings (SSSR count). The number of amides is 2. The Labute approximate surface area is 140 Å². The van der Waals surface area contributed by atoms with Crippen LogP contribution in [0.25, 0.3) is 6.08 Å². The van der Waals surface area contributed by atoms with Crippen molar-refractivity contribution in [3.05, 3.63) is 42.0 Å². The van der Waals surface area contributed by atoms with Gasteiger partial charge in [0.2, 0.25) is 6.29 Å². The fraction of sp³-hybridized carbons (Fsp3) is 0.294. The standard InChI is InChI=1S/C17H19N2O5/c1-18-17(23)19(11-10-16(22)24-2)14(12-20)15(21)9-8-13-6-4-3-5-7-13/h3-9,14H,10-11H2,1-2H3,(H,18,23). The number of nitrogens with zero attached hydrogens (tertiary/aromatic N) is 1. The summed E-state index contributed by atoms with van der Waals surface area (Å²) in [5, 5.41) is 2.33. The molecule has 127 valence electrons. The van der Waals surface area contributed by atoms with Crippen molar-refractivity contribution in [2.45, 2.75) is 12.5 Å². The Bertz CT molecular complexity index is 613. The van der Waals surface area contributed by atoms with E-state index in [0.717, 1.165) is 10.5 Å². The molecule has 1 aromatic carbocycles. The van der Waals surface area contributed by atoms with Gasteiger partial charge >= 0.3 is 12.0 Å². The lowest BCUT2D eigenvalue weighted by Crippen LogP contribution is -2.50. The smallest absolute Gasteiger partial charge is 0.318 e. The van der Waals surface area contributed by atoms with Crippen molar-refractivity contribution >= 4 is 30.1 Å². The minimum absolute atomic E-state index is 0.141. The lowest BCUT2D eigenvalue weighted by molar-refractivity contribution is -0.141. The minimum atomic E-state index is -1.44. The average Bonchev–Trinajstić information content (AvgIpc) is 2.62. The number of ketones is 1. The zero-order valence-corrected chi connectivity index (χ0v) is 13.5. The Hall–Kier alpha value is -2.96. The number of ether oxygens (including phenoxy) is 1. The third-order valence-corrected chi connectivity index (χ3v) is 3.19. The molecule has 1 unspecified atom stereocenters. The summed E-state index contributed by atoms with van der Waals surface area (Å²) in [4.78, 5) is 47.5. The second kappa shape index (κ2) is 9.94. The van der Waals surface area contributed by atoms with E-state index in [-0.39, 0.29) is 13.0 Å². The molecule has 0 heterocycles. The van der Waals surface area contributed by atoms with E-state index in [0.29, 0.717) is 0 Å². The Morgan fingerprint density at radius 1 is 1.29 bits per heavy atom. The molecule has 1 radical (unpaired) electrons. The van der Waals surface area contributed by atoms with Crippen LogP contribution in [0.5, 0.6) is 0 Å². The first kappa shape index (κ1) is 19.1. The van der Waals surface area contributed by atoms with Gasteiger partial charge in [0.25, 0.3) is 0 Å². The largest absolute Gasteiger partial charge is 0.469 e. The van der Waals surface area contributed by atoms with Crippen LogP contribution < -0.4 is 5.32 Å². The molecule has 2 amide bonds. The number of nitrogens with one attached hydrogen (secondary N) is 1. The summed E-state index contributed by atoms with van der Waals surface area (Å²) < 4.78 is 4.50. The van der Waals surface area contributed by atoms with Crippen molar-refractivity contribution in [2.75, 3.05) is 20.7 Å². The fourth-order valence-electron chi connectivity index (χ4n) is 1.91. The van der Waals surface area contributed by atoms with Crippen molar-refractivity contribution in [1.29, 1.82) is 0 Å². The number of carbonyl (C=O) groups is 3. The first-order valence-electron chi connectivity index (χ1n) is 7.23. The number of methoxy groups -OCH3 is 1. The van der Waals surface area contributed by atoms with Gasteiger partial charge < -0.3 is 15.0 Å². The first-order valence-corrected chi connectivity index (χ1v) is 7.23. The van der Waals surface area contributed by atoms with Crippen molar-refractivity contribution in [3.63, 3.8) is 0 Å². The van der Waals surface area contributed by atoms with Crippen LogP contribution in [0.2, 0.25) is 0 Å². The summed E-state index contributed by atoms with van der Waals surface area (Å²) in [6.45, 7) is -0.142. The van der Waals surface area contributed by atoms with Gasteiger partial charge in [0.15, 0.2) is 11.8 Å². The van der Waals surface area contributed by atoms with E-state index in [1.54, 1.807) is 30.6 Å². The molecule has 0 saturated carbocycles. The second-order valence-electron chi connectivity index (χ2n) is 4.74. The van der Waals surface area contributed by atoms with E-state index in [1.807, 2.05) is 6.07 Å². The quantitative estimate of drug-likeness (QED) is 0.435. The lowest BCUT2D eigenvalue weighted by atomic mass is 10.1. The number of urea groups is 1. The maximum absolute atomic E-state index is 12.2. The number of hydrogen-bond donors (Lipinski definition) is 1. The van der Waals surface area contributed by atoms with E-state index >= 15 is 0 Å². The topological polar surface area (TPSA) is 92.8 Å². The summed E-state index contributed by atoms with van der Waals surface area (Å²) in [7, 11) is 2.57. The van der Waals surface area contributed by atoms with Crippen molar-refractivity contribution in [3.8, 4) is 0 Å². The van der Waals surface area contributed by atoms with Crippen LogP contribution in [0.15, 0.2) is 36.4 Å². The second-order valence-corrected chi connectivity index (χ2v) is 4.74. The van der Waals surface area contributed by atoms with Crippen molar-refractivity contribution in [1.82, 2.24) is 10.2 Å². The molecule has 7 heteroatoms. The molecular formula is C17H19N2O5. The summed E-state index contributed by atoms with van der Waals surface area (Å²) in [6.07, 6.45) is 4.16. The van der Waals surface area contributed by atoms with Crippen LogP contribution in [-0.2, 0) is 19.1 Å². The Morgan fingerprint density at radius 2 is 1.96 bits per heavy atom. The number of esters is 1. The zero-order chi connectivity index (χ0) is 17.9. The van der Waals surface area contributed by atoms with Gasteiger partial charge in [0.05, 0.1) is 13.5 Å². The van der Waals surface area contributed by atoms with Crippen LogP contribution in [0.4, 0.5) is 4.79 Å². The van der Waals surface area contributed by atoms with Gasteiger partial charge in [-0.05, 0) is 11.6 Å². The third-order valence-electron chi connectivity index (χ3n) is 3.19. The molecule has 1 atom stereocenters. The number of benzene rings is 1. The summed E-state index contributed by atoms with van der Waals surface area (Å²) in [5.74, 6) is -1.16. The van der Waals surface area contributed by atoms with Gasteiger partial charge in [-0.15, -0.1) is 0 Å². The fourth-order valence-corrected chi connectivity index (χ4v) is 1.91. The molecule has 0 aromatic heterocycles. The van der Waals surface area contributed by atoms with E-state index < -0.39 is 23.8 Å². The van der Waals surface area contributed by atoms with E-state index in [1.165, 1.54) is 26.3 Å². The lowest BCUT2D eigenvalue weighted by Gasteiger charge is -2.25. The van der Waals surface area contributed by atoms with E-state index in [4.69, 9.17) is 0 Å². The molecule has 0 aliphatic carbocycles. The first-order chi connectivity index (χ1) is 11.5. The summed E-state index contributed by atoms with van der Waals surface area (Å²) >= 11 is 0. The highest BCUT2D eigenvalue weighted by molar-refractivity contribution is 6.08. The third kappa shape index (κ3) is 5.68. The van der Waals surface area contributed by atoms with Crippen LogP contribution in [0.3, 0.4) is 0 Å². The van der Waals surface area contributed by atoms with Gasteiger partial charge in [0.1, 0.15) is 0 Å². The highest BCUT2D eigenvalue weighted by Gasteiger charge is 2.28. The summed E-state index contributed by atoms with van der Waals surface area (Å²) in [6, 6.07) is 6.93. The van der Waals surface area contributed by atoms with Crippen molar-refractivity contribution < 1.29 is 23.9 Å². The molecule has 24 heavy (non-hydrogen) atoms.